The summed E-state index contributed by atoms with van der Waals surface area (Å²) in [6, 6.07) is 28.2. The van der Waals surface area contributed by atoms with Gasteiger partial charge in [-0.3, -0.25) is 0 Å². The van der Waals surface area contributed by atoms with E-state index in [0.29, 0.717) is 0 Å². The van der Waals surface area contributed by atoms with Gasteiger partial charge in [-0.2, -0.15) is 13.2 Å². The molecule has 0 unspecified atom stereocenters. The first-order chi connectivity index (χ1) is 16.6. The van der Waals surface area contributed by atoms with Crippen molar-refractivity contribution in [2.45, 2.75) is 24.8 Å². The van der Waals surface area contributed by atoms with E-state index in [2.05, 4.69) is 78.9 Å². The molecule has 178 valence electrons. The molecule has 4 aromatic rings. The first-order valence-electron chi connectivity index (χ1n) is 10.9. The van der Waals surface area contributed by atoms with Crippen LogP contribution < -0.4 is 0 Å². The smallest absolute Gasteiger partial charge is 0.485 e. The fourth-order valence-corrected chi connectivity index (χ4v) is 4.74. The summed E-state index contributed by atoms with van der Waals surface area (Å²) in [6.07, 6.45) is 3.06. The van der Waals surface area contributed by atoms with Crippen molar-refractivity contribution in [3.05, 3.63) is 101 Å². The van der Waals surface area contributed by atoms with Gasteiger partial charge in [0.1, 0.15) is 0 Å². The zero-order valence-corrected chi connectivity index (χ0v) is 19.1. The summed E-state index contributed by atoms with van der Waals surface area (Å²) in [7, 11) is -6.09. The van der Waals surface area contributed by atoms with Gasteiger partial charge >= 0.3 is 17.0 Å². The SMILES string of the molecule is O=S(=O)([O-])C(F)(F)F.c1ccc(-c2c3c([o+]c4c2Cc2ccccc2-4)-c2ccccc2CC3)cc1. The van der Waals surface area contributed by atoms with Gasteiger partial charge in [0, 0.05) is 12.0 Å². The number of halogens is 3. The van der Waals surface area contributed by atoms with E-state index in [1.165, 1.54) is 44.5 Å². The third-order valence-electron chi connectivity index (χ3n) is 6.24. The first-order valence-corrected chi connectivity index (χ1v) is 12.3. The summed E-state index contributed by atoms with van der Waals surface area (Å²) in [6.45, 7) is 0. The van der Waals surface area contributed by atoms with E-state index in [9.17, 15) is 13.2 Å². The third kappa shape index (κ3) is 4.24. The van der Waals surface area contributed by atoms with Crippen LogP contribution in [0.1, 0.15) is 22.3 Å². The van der Waals surface area contributed by atoms with Crippen LogP contribution in [0.3, 0.4) is 0 Å². The average molecular weight is 497 g/mol. The molecule has 35 heavy (non-hydrogen) atoms. The van der Waals surface area contributed by atoms with Crippen molar-refractivity contribution < 1.29 is 30.6 Å². The van der Waals surface area contributed by atoms with Crippen molar-refractivity contribution in [2.75, 3.05) is 0 Å². The van der Waals surface area contributed by atoms with Crippen molar-refractivity contribution in [1.29, 1.82) is 0 Å². The van der Waals surface area contributed by atoms with Gasteiger partial charge < -0.3 is 4.55 Å². The van der Waals surface area contributed by atoms with Crippen molar-refractivity contribution in [3.63, 3.8) is 0 Å². The second kappa shape index (κ2) is 8.62. The first kappa shape index (κ1) is 23.3. The Balaban J connectivity index is 0.000000277. The lowest BCUT2D eigenvalue weighted by molar-refractivity contribution is -0.0517. The number of hydrogen-bond donors (Lipinski definition) is 0. The van der Waals surface area contributed by atoms with E-state index in [1.54, 1.807) is 0 Å². The van der Waals surface area contributed by atoms with E-state index in [-0.39, 0.29) is 0 Å². The van der Waals surface area contributed by atoms with E-state index < -0.39 is 15.6 Å². The van der Waals surface area contributed by atoms with Gasteiger partial charge in [-0.15, -0.1) is 0 Å². The molecule has 2 aliphatic carbocycles. The topological polar surface area (TPSA) is 68.5 Å². The van der Waals surface area contributed by atoms with Crippen LogP contribution in [0.15, 0.2) is 83.3 Å². The Labute approximate surface area is 200 Å². The largest absolute Gasteiger partial charge is 0.741 e. The van der Waals surface area contributed by atoms with Crippen LogP contribution in [-0.4, -0.2) is 18.5 Å². The molecule has 0 N–H and O–H groups in total. The minimum atomic E-state index is -6.09. The highest BCUT2D eigenvalue weighted by Crippen LogP contribution is 2.48. The molecule has 0 amide bonds. The maximum Gasteiger partial charge on any atom is 0.485 e. The quantitative estimate of drug-likeness (QED) is 0.149. The molecule has 1 heterocycles. The number of aryl methyl sites for hydroxylation is 1. The van der Waals surface area contributed by atoms with E-state index >= 15 is 0 Å². The standard InChI is InChI=1S/C26H19O.CHF3O3S/c1-2-9-18(10-3-1)24-22-15-14-17-8-4-6-12-20(17)25(22)27-26-21-13-7-5-11-19(21)16-23(24)26;2-1(3,4)8(5,6)7/h1-13H,14-16H2;(H,5,6,7)/q+1;/p-1. The Morgan fingerprint density at radius 3 is 1.86 bits per heavy atom. The third-order valence-corrected chi connectivity index (χ3v) is 6.80. The molecular weight excluding hydrogens is 477 g/mol. The van der Waals surface area contributed by atoms with Crippen molar-refractivity contribution >= 4 is 10.1 Å². The highest BCUT2D eigenvalue weighted by atomic mass is 32.2. The Bertz CT molecular complexity index is 1530. The molecule has 0 fully saturated rings. The summed E-state index contributed by atoms with van der Waals surface area (Å²) >= 11 is 0. The molecule has 2 aliphatic rings. The van der Waals surface area contributed by atoms with Gasteiger partial charge in [0.15, 0.2) is 10.1 Å². The van der Waals surface area contributed by atoms with Gasteiger partial charge in [0.25, 0.3) is 0 Å². The maximum atomic E-state index is 10.7. The molecule has 0 atom stereocenters. The monoisotopic (exact) mass is 496 g/mol. The molecule has 0 bridgehead atoms. The number of benzene rings is 3. The molecule has 6 rings (SSSR count). The fourth-order valence-electron chi connectivity index (χ4n) is 4.74. The lowest BCUT2D eigenvalue weighted by Gasteiger charge is -2.17. The lowest BCUT2D eigenvalue weighted by atomic mass is 9.83. The van der Waals surface area contributed by atoms with Crippen molar-refractivity contribution in [1.82, 2.24) is 0 Å². The van der Waals surface area contributed by atoms with E-state index in [1.807, 2.05) is 0 Å². The van der Waals surface area contributed by atoms with Crippen LogP contribution in [0, 0.1) is 0 Å². The summed E-state index contributed by atoms with van der Waals surface area (Å²) in [5.41, 5.74) is 5.01. The van der Waals surface area contributed by atoms with Gasteiger partial charge in [-0.1, -0.05) is 66.7 Å². The predicted molar refractivity (Wildman–Crippen MR) is 125 cm³/mol. The molecule has 0 radical (unpaired) electrons. The number of rotatable bonds is 1. The highest BCUT2D eigenvalue weighted by Gasteiger charge is 2.39. The maximum absolute atomic E-state index is 10.7. The van der Waals surface area contributed by atoms with Crippen LogP contribution in [-0.2, 0) is 29.4 Å². The Morgan fingerprint density at radius 2 is 1.23 bits per heavy atom. The molecule has 1 aromatic heterocycles. The van der Waals surface area contributed by atoms with Crippen LogP contribution >= 0.6 is 0 Å². The Morgan fingerprint density at radius 1 is 0.714 bits per heavy atom. The molecule has 3 aromatic carbocycles. The zero-order valence-electron chi connectivity index (χ0n) is 18.3. The number of hydrogen-bond acceptors (Lipinski definition) is 3. The Hall–Kier alpha value is -3.49. The van der Waals surface area contributed by atoms with Gasteiger partial charge in [0.2, 0.25) is 0 Å². The van der Waals surface area contributed by atoms with Crippen LogP contribution in [0.25, 0.3) is 33.8 Å². The van der Waals surface area contributed by atoms with Gasteiger partial charge in [0.05, 0.1) is 22.3 Å². The summed E-state index contributed by atoms with van der Waals surface area (Å²) in [4.78, 5) is 0. The van der Waals surface area contributed by atoms with Gasteiger partial charge in [-0.25, -0.2) is 12.8 Å². The minimum absolute atomic E-state index is 0.953. The zero-order chi connectivity index (χ0) is 24.8. The van der Waals surface area contributed by atoms with Crippen LogP contribution in [0.5, 0.6) is 0 Å². The molecule has 8 heteroatoms. The molecule has 0 spiro atoms. The fraction of sp³-hybridized carbons (Fsp3) is 0.148. The van der Waals surface area contributed by atoms with Crippen molar-refractivity contribution in [2.24, 2.45) is 0 Å². The normalized spacial score (nSPS) is 13.6. The second-order valence-corrected chi connectivity index (χ2v) is 9.72. The Kier molecular flexibility index (Phi) is 5.73. The molecule has 0 saturated heterocycles. The molecule has 0 aliphatic heterocycles. The predicted octanol–water partition coefficient (Wildman–Crippen LogP) is 6.62. The van der Waals surface area contributed by atoms with Crippen molar-refractivity contribution in [3.8, 4) is 33.8 Å². The lowest BCUT2D eigenvalue weighted by Crippen LogP contribution is -2.21. The number of alkyl halides is 3. The minimum Gasteiger partial charge on any atom is -0.741 e. The summed E-state index contributed by atoms with van der Waals surface area (Å²) in [5, 5.41) is 0. The molecule has 0 saturated carbocycles. The number of fused-ring (bicyclic) bond motifs is 6. The van der Waals surface area contributed by atoms with E-state index in [0.717, 1.165) is 30.8 Å². The average Bonchev–Trinajstić information content (AvgIpc) is 3.20. The van der Waals surface area contributed by atoms with E-state index in [4.69, 9.17) is 17.4 Å². The van der Waals surface area contributed by atoms with Crippen LogP contribution in [0.4, 0.5) is 13.2 Å². The van der Waals surface area contributed by atoms with Gasteiger partial charge in [-0.05, 0) is 41.7 Å². The molecule has 4 nitrogen and oxygen atoms in total. The highest BCUT2D eigenvalue weighted by molar-refractivity contribution is 7.86. The summed E-state index contributed by atoms with van der Waals surface area (Å²) < 4.78 is 65.6. The molecular formula is C27H19F3O4S. The van der Waals surface area contributed by atoms with Crippen LogP contribution in [0.2, 0.25) is 0 Å². The summed E-state index contributed by atoms with van der Waals surface area (Å²) in [5.74, 6) is 2.12. The second-order valence-electron chi connectivity index (χ2n) is 8.35.